The Bertz CT molecular complexity index is 773. The van der Waals surface area contributed by atoms with Crippen LogP contribution in [0.15, 0.2) is 28.6 Å². The topological polar surface area (TPSA) is 72.4 Å². The minimum absolute atomic E-state index is 0.0709. The smallest absolute Gasteiger partial charge is 0.232 e. The minimum atomic E-state index is -3.29. The maximum Gasteiger partial charge on any atom is 0.232 e. The van der Waals surface area contributed by atoms with E-state index >= 15 is 0 Å². The average Bonchev–Trinajstić information content (AvgIpc) is 2.88. The van der Waals surface area contributed by atoms with Gasteiger partial charge in [0.25, 0.3) is 0 Å². The van der Waals surface area contributed by atoms with Crippen molar-refractivity contribution >= 4 is 21.2 Å². The molecule has 0 amide bonds. The second-order valence-corrected chi connectivity index (χ2v) is 8.66. The highest BCUT2D eigenvalue weighted by atomic mass is 32.2. The van der Waals surface area contributed by atoms with Crippen molar-refractivity contribution in [3.05, 3.63) is 34.8 Å². The zero-order valence-corrected chi connectivity index (χ0v) is 14.0. The van der Waals surface area contributed by atoms with E-state index in [1.165, 1.54) is 0 Å². The van der Waals surface area contributed by atoms with Crippen LogP contribution in [0.1, 0.15) is 17.5 Å². The summed E-state index contributed by atoms with van der Waals surface area (Å²) < 4.78 is 28.9. The van der Waals surface area contributed by atoms with Gasteiger partial charge in [-0.25, -0.2) is 8.42 Å². The molecule has 8 heteroatoms. The Hall–Kier alpha value is -1.51. The number of fused-ring (bicyclic) bond motifs is 1. The van der Waals surface area contributed by atoms with Gasteiger partial charge in [0.15, 0.2) is 0 Å². The second kappa shape index (κ2) is 5.94. The van der Waals surface area contributed by atoms with E-state index < -0.39 is 9.84 Å². The molecule has 0 N–H and O–H groups in total. The zero-order chi connectivity index (χ0) is 15.7. The van der Waals surface area contributed by atoms with Gasteiger partial charge in [-0.05, 0) is 13.0 Å². The SMILES string of the molecule is CC1COc2ccccc2CN1Cc1nnc(S(C)(=O)=O)s1. The van der Waals surface area contributed by atoms with Crippen LogP contribution in [0.2, 0.25) is 0 Å². The lowest BCUT2D eigenvalue weighted by atomic mass is 10.2. The molecule has 3 rings (SSSR count). The molecule has 0 bridgehead atoms. The number of rotatable bonds is 3. The summed E-state index contributed by atoms with van der Waals surface area (Å²) in [5.41, 5.74) is 1.12. The van der Waals surface area contributed by atoms with Gasteiger partial charge in [0.05, 0.1) is 6.54 Å². The molecule has 0 saturated heterocycles. The summed E-state index contributed by atoms with van der Waals surface area (Å²) in [5, 5.41) is 8.47. The van der Waals surface area contributed by atoms with Crippen molar-refractivity contribution in [3.63, 3.8) is 0 Å². The van der Waals surface area contributed by atoms with Crippen LogP contribution in [0.25, 0.3) is 0 Å². The quantitative estimate of drug-likeness (QED) is 0.848. The van der Waals surface area contributed by atoms with E-state index in [1.54, 1.807) is 0 Å². The third-order valence-corrected chi connectivity index (χ3v) is 6.13. The lowest BCUT2D eigenvalue weighted by molar-refractivity contribution is 0.151. The monoisotopic (exact) mass is 339 g/mol. The first-order chi connectivity index (χ1) is 10.4. The van der Waals surface area contributed by atoms with Crippen LogP contribution >= 0.6 is 11.3 Å². The minimum Gasteiger partial charge on any atom is -0.492 e. The summed E-state index contributed by atoms with van der Waals surface area (Å²) in [6.45, 7) is 3.98. The van der Waals surface area contributed by atoms with Gasteiger partial charge in [0.1, 0.15) is 17.4 Å². The molecule has 1 aromatic carbocycles. The number of sulfone groups is 1. The summed E-state index contributed by atoms with van der Waals surface area (Å²) in [6.07, 6.45) is 1.15. The molecular formula is C14H17N3O3S2. The zero-order valence-electron chi connectivity index (χ0n) is 12.4. The van der Waals surface area contributed by atoms with Gasteiger partial charge < -0.3 is 4.74 Å². The fraction of sp³-hybridized carbons (Fsp3) is 0.429. The highest BCUT2D eigenvalue weighted by Gasteiger charge is 2.23. The molecule has 1 unspecified atom stereocenters. The van der Waals surface area contributed by atoms with Crippen LogP contribution in [-0.2, 0) is 22.9 Å². The van der Waals surface area contributed by atoms with Crippen LogP contribution in [0.5, 0.6) is 5.75 Å². The third-order valence-electron chi connectivity index (χ3n) is 3.55. The Labute approximate surface area is 133 Å². The van der Waals surface area contributed by atoms with Gasteiger partial charge in [-0.1, -0.05) is 29.5 Å². The van der Waals surface area contributed by atoms with Crippen LogP contribution < -0.4 is 4.74 Å². The molecule has 2 heterocycles. The van der Waals surface area contributed by atoms with Crippen LogP contribution in [-0.4, -0.2) is 42.4 Å². The Morgan fingerprint density at radius 3 is 2.86 bits per heavy atom. The van der Waals surface area contributed by atoms with Crippen molar-refractivity contribution in [2.75, 3.05) is 12.9 Å². The predicted molar refractivity (Wildman–Crippen MR) is 83.7 cm³/mol. The standard InChI is InChI=1S/C14H17N3O3S2/c1-10-9-20-12-6-4-3-5-11(12)7-17(10)8-13-15-16-14(21-13)22(2,18)19/h3-6,10H,7-9H2,1-2H3. The molecule has 6 nitrogen and oxygen atoms in total. The molecule has 118 valence electrons. The van der Waals surface area contributed by atoms with Crippen LogP contribution in [0, 0.1) is 0 Å². The third kappa shape index (κ3) is 3.29. The molecule has 1 atom stereocenters. The fourth-order valence-corrected chi connectivity index (χ4v) is 3.98. The first kappa shape index (κ1) is 15.4. The number of aromatic nitrogens is 2. The molecule has 0 aliphatic carbocycles. The van der Waals surface area contributed by atoms with Crippen molar-refractivity contribution in [2.45, 2.75) is 30.4 Å². The summed E-state index contributed by atoms with van der Waals surface area (Å²) in [4.78, 5) is 2.22. The van der Waals surface area contributed by atoms with Gasteiger partial charge in [-0.3, -0.25) is 4.90 Å². The largest absolute Gasteiger partial charge is 0.492 e. The number of para-hydroxylation sites is 1. The van der Waals surface area contributed by atoms with E-state index in [2.05, 4.69) is 22.0 Å². The first-order valence-corrected chi connectivity index (χ1v) is 9.61. The van der Waals surface area contributed by atoms with Gasteiger partial charge in [0.2, 0.25) is 14.2 Å². The van der Waals surface area contributed by atoms with Crippen LogP contribution in [0.3, 0.4) is 0 Å². The number of hydrogen-bond donors (Lipinski definition) is 0. The lowest BCUT2D eigenvalue weighted by Crippen LogP contribution is -2.34. The Morgan fingerprint density at radius 1 is 1.36 bits per heavy atom. The Morgan fingerprint density at radius 2 is 2.14 bits per heavy atom. The molecule has 0 radical (unpaired) electrons. The van der Waals surface area contributed by atoms with Crippen molar-refractivity contribution < 1.29 is 13.2 Å². The number of benzene rings is 1. The summed E-state index contributed by atoms with van der Waals surface area (Å²) in [6, 6.07) is 8.17. The molecule has 0 fully saturated rings. The molecule has 1 aliphatic rings. The fourth-order valence-electron chi connectivity index (χ4n) is 2.30. The van der Waals surface area contributed by atoms with E-state index in [1.807, 2.05) is 24.3 Å². The van der Waals surface area contributed by atoms with E-state index in [9.17, 15) is 8.42 Å². The molecule has 1 aromatic heterocycles. The van der Waals surface area contributed by atoms with Crippen molar-refractivity contribution in [2.24, 2.45) is 0 Å². The number of ether oxygens (including phenoxy) is 1. The maximum absolute atomic E-state index is 11.5. The van der Waals surface area contributed by atoms with Gasteiger partial charge in [-0.15, -0.1) is 10.2 Å². The summed E-state index contributed by atoms with van der Waals surface area (Å²) >= 11 is 1.13. The van der Waals surface area contributed by atoms with Crippen LogP contribution in [0.4, 0.5) is 0 Å². The van der Waals surface area contributed by atoms with E-state index in [0.29, 0.717) is 18.2 Å². The normalized spacial score (nSPS) is 19.3. The first-order valence-electron chi connectivity index (χ1n) is 6.90. The van der Waals surface area contributed by atoms with Gasteiger partial charge in [0, 0.05) is 24.4 Å². The highest BCUT2D eigenvalue weighted by Crippen LogP contribution is 2.26. The average molecular weight is 339 g/mol. The predicted octanol–water partition coefficient (Wildman–Crippen LogP) is 1.72. The molecule has 1 aliphatic heterocycles. The van der Waals surface area contributed by atoms with Crippen molar-refractivity contribution in [3.8, 4) is 5.75 Å². The van der Waals surface area contributed by atoms with E-state index in [-0.39, 0.29) is 10.4 Å². The van der Waals surface area contributed by atoms with Crippen molar-refractivity contribution in [1.82, 2.24) is 15.1 Å². The number of hydrogen-bond acceptors (Lipinski definition) is 7. The summed E-state index contributed by atoms with van der Waals surface area (Å²) in [5.74, 6) is 0.908. The number of nitrogens with zero attached hydrogens (tertiary/aromatic N) is 3. The lowest BCUT2D eigenvalue weighted by Gasteiger charge is -2.24. The molecule has 0 spiro atoms. The molecule has 22 heavy (non-hydrogen) atoms. The van der Waals surface area contributed by atoms with E-state index in [4.69, 9.17) is 4.74 Å². The Balaban J connectivity index is 1.81. The molecule has 2 aromatic rings. The van der Waals surface area contributed by atoms with Gasteiger partial charge >= 0.3 is 0 Å². The maximum atomic E-state index is 11.5. The van der Waals surface area contributed by atoms with Crippen molar-refractivity contribution in [1.29, 1.82) is 0 Å². The summed E-state index contributed by atoms with van der Waals surface area (Å²) in [7, 11) is -3.29. The second-order valence-electron chi connectivity index (χ2n) is 5.41. The molecular weight excluding hydrogens is 322 g/mol. The highest BCUT2D eigenvalue weighted by molar-refractivity contribution is 7.92. The molecule has 0 saturated carbocycles. The van der Waals surface area contributed by atoms with Gasteiger partial charge in [-0.2, -0.15) is 0 Å². The Kier molecular flexibility index (Phi) is 4.16. The van der Waals surface area contributed by atoms with E-state index in [0.717, 1.165) is 35.5 Å².